The first-order valence-corrected chi connectivity index (χ1v) is 7.02. The van der Waals surface area contributed by atoms with Crippen LogP contribution in [0.15, 0.2) is 12.3 Å². The number of anilines is 1. The normalized spacial score (nSPS) is 14.1. The molecule has 0 saturated heterocycles. The lowest BCUT2D eigenvalue weighted by atomic mass is 10.2. The van der Waals surface area contributed by atoms with Crippen molar-refractivity contribution in [2.45, 2.75) is 13.0 Å². The molecule has 3 N–H and O–H groups in total. The van der Waals surface area contributed by atoms with Gasteiger partial charge in [-0.15, -0.1) is 0 Å². The van der Waals surface area contributed by atoms with E-state index in [1.807, 2.05) is 0 Å². The monoisotopic (exact) mass is 275 g/mol. The van der Waals surface area contributed by atoms with Crippen molar-refractivity contribution in [1.29, 1.82) is 0 Å². The summed E-state index contributed by atoms with van der Waals surface area (Å²) in [4.78, 5) is 15.6. The molecule has 0 aliphatic rings. The summed E-state index contributed by atoms with van der Waals surface area (Å²) in [5.74, 6) is 0.0202. The van der Waals surface area contributed by atoms with Gasteiger partial charge in [0.2, 0.25) is 0 Å². The summed E-state index contributed by atoms with van der Waals surface area (Å²) in [5, 5.41) is 2.78. The molecule has 0 bridgehead atoms. The van der Waals surface area contributed by atoms with Gasteiger partial charge in [-0.1, -0.05) is 11.6 Å². The van der Waals surface area contributed by atoms with Gasteiger partial charge in [-0.05, 0) is 13.0 Å². The van der Waals surface area contributed by atoms with Crippen molar-refractivity contribution < 1.29 is 9.00 Å². The van der Waals surface area contributed by atoms with Gasteiger partial charge in [0, 0.05) is 28.9 Å². The Bertz CT molecular complexity index is 453. The minimum Gasteiger partial charge on any atom is -0.397 e. The van der Waals surface area contributed by atoms with Crippen LogP contribution in [0.4, 0.5) is 5.69 Å². The molecule has 0 saturated carbocycles. The first-order chi connectivity index (χ1) is 7.90. The van der Waals surface area contributed by atoms with E-state index in [0.29, 0.717) is 11.4 Å². The third kappa shape index (κ3) is 4.32. The molecule has 17 heavy (non-hydrogen) atoms. The topological polar surface area (TPSA) is 85.1 Å². The van der Waals surface area contributed by atoms with E-state index in [1.165, 1.54) is 12.3 Å². The zero-order valence-corrected chi connectivity index (χ0v) is 11.1. The number of nitrogens with one attached hydrogen (secondary N) is 1. The Hall–Kier alpha value is -1.14. The molecule has 0 radical (unpaired) electrons. The predicted molar refractivity (Wildman–Crippen MR) is 69.5 cm³/mol. The van der Waals surface area contributed by atoms with Crippen LogP contribution in [0, 0.1) is 0 Å². The summed E-state index contributed by atoms with van der Waals surface area (Å²) in [6.07, 6.45) is 2.96. The third-order valence-corrected chi connectivity index (χ3v) is 3.24. The van der Waals surface area contributed by atoms with Crippen LogP contribution in [-0.4, -0.2) is 33.2 Å². The number of hydrogen-bond donors (Lipinski definition) is 2. The molecular weight excluding hydrogens is 262 g/mol. The van der Waals surface area contributed by atoms with Gasteiger partial charge < -0.3 is 11.1 Å². The van der Waals surface area contributed by atoms with Crippen molar-refractivity contribution in [2.24, 2.45) is 0 Å². The molecule has 2 atom stereocenters. The highest BCUT2D eigenvalue weighted by Gasteiger charge is 2.15. The van der Waals surface area contributed by atoms with Crippen molar-refractivity contribution in [1.82, 2.24) is 10.3 Å². The summed E-state index contributed by atoms with van der Waals surface area (Å²) >= 11 is 5.79. The Morgan fingerprint density at radius 3 is 2.94 bits per heavy atom. The molecule has 0 fully saturated rings. The Morgan fingerprint density at radius 1 is 1.71 bits per heavy atom. The molecule has 5 nitrogen and oxygen atoms in total. The highest BCUT2D eigenvalue weighted by atomic mass is 35.5. The lowest BCUT2D eigenvalue weighted by Crippen LogP contribution is -2.36. The van der Waals surface area contributed by atoms with Crippen molar-refractivity contribution in [3.63, 3.8) is 0 Å². The average Bonchev–Trinajstić information content (AvgIpc) is 2.20. The number of carbonyl (C=O) groups excluding carboxylic acids is 1. The van der Waals surface area contributed by atoms with Crippen LogP contribution in [0.25, 0.3) is 0 Å². The molecule has 1 amide bonds. The van der Waals surface area contributed by atoms with Crippen molar-refractivity contribution >= 4 is 34.0 Å². The fraction of sp³-hybridized carbons (Fsp3) is 0.400. The molecule has 0 aliphatic heterocycles. The van der Waals surface area contributed by atoms with Crippen LogP contribution in [0.2, 0.25) is 5.15 Å². The van der Waals surface area contributed by atoms with Crippen LogP contribution in [0.5, 0.6) is 0 Å². The van der Waals surface area contributed by atoms with Gasteiger partial charge in [0.05, 0.1) is 17.4 Å². The van der Waals surface area contributed by atoms with E-state index in [0.717, 1.165) is 0 Å². The second-order valence-electron chi connectivity index (χ2n) is 3.72. The first kappa shape index (κ1) is 13.9. The Labute approximate surface area is 107 Å². The number of nitrogens with zero attached hydrogens (tertiary/aromatic N) is 1. The largest absolute Gasteiger partial charge is 0.397 e. The summed E-state index contributed by atoms with van der Waals surface area (Å²) in [7, 11) is -0.966. The number of hydrogen-bond acceptors (Lipinski definition) is 4. The van der Waals surface area contributed by atoms with Crippen molar-refractivity contribution in [2.75, 3.05) is 17.7 Å². The van der Waals surface area contributed by atoms with Crippen molar-refractivity contribution in [3.05, 3.63) is 23.0 Å². The van der Waals surface area contributed by atoms with Crippen molar-refractivity contribution in [3.8, 4) is 0 Å². The fourth-order valence-corrected chi connectivity index (χ4v) is 2.30. The highest BCUT2D eigenvalue weighted by Crippen LogP contribution is 2.15. The number of nitrogens with two attached hydrogens (primary N) is 1. The summed E-state index contributed by atoms with van der Waals surface area (Å²) < 4.78 is 11.0. The maximum Gasteiger partial charge on any atom is 0.254 e. The zero-order chi connectivity index (χ0) is 13.0. The van der Waals surface area contributed by atoms with Gasteiger partial charge >= 0.3 is 0 Å². The molecule has 2 unspecified atom stereocenters. The first-order valence-electron chi connectivity index (χ1n) is 4.92. The van der Waals surface area contributed by atoms with Gasteiger partial charge in [-0.3, -0.25) is 9.00 Å². The number of aromatic nitrogens is 1. The zero-order valence-electron chi connectivity index (χ0n) is 9.57. The highest BCUT2D eigenvalue weighted by molar-refractivity contribution is 7.84. The molecular formula is C10H14ClN3O2S. The van der Waals surface area contributed by atoms with E-state index in [-0.39, 0.29) is 22.7 Å². The van der Waals surface area contributed by atoms with Crippen LogP contribution in [0.1, 0.15) is 17.3 Å². The number of rotatable bonds is 4. The maximum absolute atomic E-state index is 11.8. The lowest BCUT2D eigenvalue weighted by Gasteiger charge is -2.13. The average molecular weight is 276 g/mol. The van der Waals surface area contributed by atoms with E-state index in [2.05, 4.69) is 10.3 Å². The molecule has 7 heteroatoms. The molecule has 0 spiro atoms. The summed E-state index contributed by atoms with van der Waals surface area (Å²) in [6, 6.07) is 1.26. The van der Waals surface area contributed by atoms with Gasteiger partial charge in [-0.25, -0.2) is 4.98 Å². The Morgan fingerprint density at radius 2 is 2.35 bits per heavy atom. The van der Waals surface area contributed by atoms with Gasteiger partial charge in [0.1, 0.15) is 5.15 Å². The van der Waals surface area contributed by atoms with E-state index in [4.69, 9.17) is 17.3 Å². The Balaban J connectivity index is 2.76. The number of amides is 1. The van der Waals surface area contributed by atoms with E-state index < -0.39 is 10.8 Å². The molecule has 94 valence electrons. The summed E-state index contributed by atoms with van der Waals surface area (Å²) in [5.41, 5.74) is 6.12. The van der Waals surface area contributed by atoms with Crippen LogP contribution in [-0.2, 0) is 10.8 Å². The number of nitrogen functional groups attached to an aromatic ring is 1. The fourth-order valence-electron chi connectivity index (χ4n) is 1.32. The second-order valence-corrected chi connectivity index (χ2v) is 5.56. The van der Waals surface area contributed by atoms with Crippen LogP contribution >= 0.6 is 11.6 Å². The van der Waals surface area contributed by atoms with E-state index in [1.54, 1.807) is 13.2 Å². The second kappa shape index (κ2) is 5.97. The number of carbonyl (C=O) groups is 1. The molecule has 1 aromatic heterocycles. The molecule has 1 rings (SSSR count). The molecule has 1 heterocycles. The van der Waals surface area contributed by atoms with Crippen LogP contribution < -0.4 is 11.1 Å². The number of halogens is 1. The predicted octanol–water partition coefficient (Wildman–Crippen LogP) is 0.814. The minimum absolute atomic E-state index is 0.0986. The molecule has 0 aromatic carbocycles. The van der Waals surface area contributed by atoms with Gasteiger partial charge in [0.15, 0.2) is 0 Å². The maximum atomic E-state index is 11.8. The Kier molecular flexibility index (Phi) is 4.89. The van der Waals surface area contributed by atoms with Crippen LogP contribution in [0.3, 0.4) is 0 Å². The SMILES string of the molecule is CC(CS(C)=O)NC(=O)c1cc(N)cnc1Cl. The molecule has 1 aromatic rings. The minimum atomic E-state index is -0.966. The lowest BCUT2D eigenvalue weighted by molar-refractivity contribution is 0.0943. The number of pyridine rings is 1. The van der Waals surface area contributed by atoms with Gasteiger partial charge in [0.25, 0.3) is 5.91 Å². The van der Waals surface area contributed by atoms with E-state index >= 15 is 0 Å². The quantitative estimate of drug-likeness (QED) is 0.797. The third-order valence-electron chi connectivity index (χ3n) is 1.97. The smallest absolute Gasteiger partial charge is 0.254 e. The molecule has 0 aliphatic carbocycles. The standard InChI is InChI=1S/C10H14ClN3O2S/c1-6(5-17(2)16)14-10(15)8-3-7(12)4-13-9(8)11/h3-4,6H,5,12H2,1-2H3,(H,14,15). The summed E-state index contributed by atoms with van der Waals surface area (Å²) in [6.45, 7) is 1.77. The van der Waals surface area contributed by atoms with Gasteiger partial charge in [-0.2, -0.15) is 0 Å². The van der Waals surface area contributed by atoms with E-state index in [9.17, 15) is 9.00 Å².